The highest BCUT2D eigenvalue weighted by atomic mass is 35.5. The summed E-state index contributed by atoms with van der Waals surface area (Å²) in [7, 11) is 0. The third-order valence-electron chi connectivity index (χ3n) is 3.93. The maximum atomic E-state index is 11.7. The summed E-state index contributed by atoms with van der Waals surface area (Å²) in [6, 6.07) is 9.73. The summed E-state index contributed by atoms with van der Waals surface area (Å²) < 4.78 is 0. The highest BCUT2D eigenvalue weighted by Gasteiger charge is 2.24. The maximum Gasteiger partial charge on any atom is 0.332 e. The molecule has 0 atom stereocenters. The Hall–Kier alpha value is -1.72. The molecule has 0 aromatic heterocycles. The zero-order chi connectivity index (χ0) is 20.1. The van der Waals surface area contributed by atoms with E-state index in [0.29, 0.717) is 37.3 Å². The van der Waals surface area contributed by atoms with Gasteiger partial charge in [-0.15, -0.1) is 0 Å². The Morgan fingerprint density at radius 2 is 1.30 bits per heavy atom. The molecule has 27 heavy (non-hydrogen) atoms. The van der Waals surface area contributed by atoms with Crippen molar-refractivity contribution in [2.45, 2.75) is 12.8 Å². The van der Waals surface area contributed by atoms with E-state index in [2.05, 4.69) is 0 Å². The van der Waals surface area contributed by atoms with E-state index in [1.807, 2.05) is 0 Å². The molecule has 8 heteroatoms. The molecular weight excluding hydrogens is 434 g/mol. The van der Waals surface area contributed by atoms with Gasteiger partial charge in [-0.3, -0.25) is 0 Å². The van der Waals surface area contributed by atoms with Crippen molar-refractivity contribution in [2.24, 2.45) is 5.92 Å². The minimum absolute atomic E-state index is 0.195. The normalized spacial score (nSPS) is 11.7. The van der Waals surface area contributed by atoms with Crippen LogP contribution in [-0.2, 0) is 22.4 Å². The van der Waals surface area contributed by atoms with Crippen LogP contribution in [0.15, 0.2) is 48.0 Å². The van der Waals surface area contributed by atoms with Gasteiger partial charge in [-0.25, -0.2) is 9.59 Å². The lowest BCUT2D eigenvalue weighted by Crippen LogP contribution is -2.19. The molecule has 2 N–H and O–H groups in total. The fourth-order valence-corrected chi connectivity index (χ4v) is 3.66. The molecule has 4 nitrogen and oxygen atoms in total. The van der Waals surface area contributed by atoms with Crippen LogP contribution in [0.5, 0.6) is 0 Å². The van der Waals surface area contributed by atoms with Crippen molar-refractivity contribution >= 4 is 58.3 Å². The van der Waals surface area contributed by atoms with Gasteiger partial charge in [-0.1, -0.05) is 58.5 Å². The molecule has 0 aliphatic carbocycles. The minimum Gasteiger partial charge on any atom is -0.478 e. The van der Waals surface area contributed by atoms with Gasteiger partial charge in [0.05, 0.1) is 0 Å². The Labute approximate surface area is 175 Å². The Morgan fingerprint density at radius 1 is 0.852 bits per heavy atom. The zero-order valence-corrected chi connectivity index (χ0v) is 16.8. The second kappa shape index (κ2) is 9.47. The predicted molar refractivity (Wildman–Crippen MR) is 107 cm³/mol. The molecule has 142 valence electrons. The number of hydrogen-bond donors (Lipinski definition) is 2. The zero-order valence-electron chi connectivity index (χ0n) is 13.8. The SMILES string of the molecule is O=C(O)/C=C(\C(=O)O)C(Cc1ccc(Cl)cc1Cl)Cc1ccc(Cl)cc1Cl. The molecule has 0 saturated carbocycles. The van der Waals surface area contributed by atoms with Crippen molar-refractivity contribution < 1.29 is 19.8 Å². The van der Waals surface area contributed by atoms with Crippen LogP contribution < -0.4 is 0 Å². The van der Waals surface area contributed by atoms with E-state index in [4.69, 9.17) is 51.5 Å². The second-order valence-electron chi connectivity index (χ2n) is 5.82. The first-order valence-electron chi connectivity index (χ1n) is 7.73. The maximum absolute atomic E-state index is 11.7. The number of carbonyl (C=O) groups is 2. The summed E-state index contributed by atoms with van der Waals surface area (Å²) in [5, 5.41) is 20.2. The van der Waals surface area contributed by atoms with Crippen LogP contribution in [0.25, 0.3) is 0 Å². The van der Waals surface area contributed by atoms with E-state index >= 15 is 0 Å². The van der Waals surface area contributed by atoms with Gasteiger partial charge in [0.2, 0.25) is 0 Å². The summed E-state index contributed by atoms with van der Waals surface area (Å²) in [5.41, 5.74) is 1.04. The van der Waals surface area contributed by atoms with E-state index in [9.17, 15) is 14.7 Å². The van der Waals surface area contributed by atoms with E-state index in [1.54, 1.807) is 36.4 Å². The molecule has 0 saturated heterocycles. The fourth-order valence-electron chi connectivity index (χ4n) is 2.68. The average molecular weight is 448 g/mol. The first-order chi connectivity index (χ1) is 12.7. The van der Waals surface area contributed by atoms with Crippen LogP contribution in [0.1, 0.15) is 11.1 Å². The van der Waals surface area contributed by atoms with Gasteiger partial charge >= 0.3 is 11.9 Å². The molecule has 0 fully saturated rings. The summed E-state index contributed by atoms with van der Waals surface area (Å²) in [6.45, 7) is 0. The van der Waals surface area contributed by atoms with Gasteiger partial charge < -0.3 is 10.2 Å². The monoisotopic (exact) mass is 446 g/mol. The molecule has 0 bridgehead atoms. The number of benzene rings is 2. The predicted octanol–water partition coefficient (Wildman–Crippen LogP) is 5.80. The summed E-state index contributed by atoms with van der Waals surface area (Å²) in [5.74, 6) is -3.35. The first-order valence-corrected chi connectivity index (χ1v) is 9.24. The van der Waals surface area contributed by atoms with Gasteiger partial charge in [0, 0.05) is 31.7 Å². The van der Waals surface area contributed by atoms with Crippen LogP contribution in [-0.4, -0.2) is 22.2 Å². The van der Waals surface area contributed by atoms with Gasteiger partial charge in [0.1, 0.15) is 0 Å². The molecule has 0 amide bonds. The van der Waals surface area contributed by atoms with Crippen LogP contribution >= 0.6 is 46.4 Å². The van der Waals surface area contributed by atoms with Crippen molar-refractivity contribution in [1.29, 1.82) is 0 Å². The van der Waals surface area contributed by atoms with Gasteiger partial charge in [-0.05, 0) is 54.2 Å². The fraction of sp³-hybridized carbons (Fsp3) is 0.158. The number of carboxylic acids is 2. The first kappa shape index (κ1) is 21.6. The van der Waals surface area contributed by atoms with Crippen LogP contribution in [0, 0.1) is 5.92 Å². The van der Waals surface area contributed by atoms with E-state index in [1.165, 1.54) is 0 Å². The summed E-state index contributed by atoms with van der Waals surface area (Å²) in [6.07, 6.45) is 1.08. The molecular formula is C19H14Cl4O4. The molecule has 2 aromatic carbocycles. The highest BCUT2D eigenvalue weighted by molar-refractivity contribution is 6.35. The number of halogens is 4. The van der Waals surface area contributed by atoms with Crippen molar-refractivity contribution in [3.63, 3.8) is 0 Å². The Bertz CT molecular complexity index is 855. The Kier molecular flexibility index (Phi) is 7.57. The number of rotatable bonds is 7. The third-order valence-corrected chi connectivity index (χ3v) is 5.10. The quantitative estimate of drug-likeness (QED) is 0.526. The lowest BCUT2D eigenvalue weighted by molar-refractivity contribution is -0.135. The molecule has 2 aromatic rings. The van der Waals surface area contributed by atoms with E-state index in [0.717, 1.165) is 0 Å². The van der Waals surface area contributed by atoms with Crippen molar-refractivity contribution in [3.05, 3.63) is 79.3 Å². The average Bonchev–Trinajstić information content (AvgIpc) is 2.56. The van der Waals surface area contributed by atoms with Crippen LogP contribution in [0.3, 0.4) is 0 Å². The van der Waals surface area contributed by atoms with Gasteiger partial charge in [0.25, 0.3) is 0 Å². The van der Waals surface area contributed by atoms with Crippen LogP contribution in [0.2, 0.25) is 20.1 Å². The van der Waals surface area contributed by atoms with Crippen molar-refractivity contribution in [1.82, 2.24) is 0 Å². The molecule has 0 heterocycles. The molecule has 0 radical (unpaired) electrons. The van der Waals surface area contributed by atoms with Gasteiger partial charge in [0.15, 0.2) is 0 Å². The second-order valence-corrected chi connectivity index (χ2v) is 7.51. The number of hydrogen-bond acceptors (Lipinski definition) is 2. The number of carboxylic acid groups (broad SMARTS) is 2. The van der Waals surface area contributed by atoms with Gasteiger partial charge in [-0.2, -0.15) is 0 Å². The topological polar surface area (TPSA) is 74.6 Å². The molecule has 0 aliphatic heterocycles. The third kappa shape index (κ3) is 6.15. The Balaban J connectivity index is 2.46. The minimum atomic E-state index is -1.35. The van der Waals surface area contributed by atoms with Crippen molar-refractivity contribution in [2.75, 3.05) is 0 Å². The standard InChI is InChI=1S/C19H14Cl4O4/c20-13-3-1-10(16(22)7-13)5-12(15(19(26)27)9-18(24)25)6-11-2-4-14(21)8-17(11)23/h1-4,7-9,12H,5-6H2,(H,24,25)(H,26,27)/b15-9-. The van der Waals surface area contributed by atoms with E-state index < -0.39 is 17.9 Å². The summed E-state index contributed by atoms with van der Waals surface area (Å²) >= 11 is 24.2. The molecule has 0 spiro atoms. The van der Waals surface area contributed by atoms with Crippen LogP contribution in [0.4, 0.5) is 0 Å². The molecule has 2 rings (SSSR count). The highest BCUT2D eigenvalue weighted by Crippen LogP contribution is 2.31. The number of aliphatic carboxylic acids is 2. The molecule has 0 unspecified atom stereocenters. The smallest absolute Gasteiger partial charge is 0.332 e. The summed E-state index contributed by atoms with van der Waals surface area (Å²) in [4.78, 5) is 22.8. The van der Waals surface area contributed by atoms with Crippen molar-refractivity contribution in [3.8, 4) is 0 Å². The van der Waals surface area contributed by atoms with E-state index in [-0.39, 0.29) is 18.4 Å². The lowest BCUT2D eigenvalue weighted by Gasteiger charge is -2.19. The lowest BCUT2D eigenvalue weighted by atomic mass is 9.86. The molecule has 0 aliphatic rings. The largest absolute Gasteiger partial charge is 0.478 e. The Morgan fingerprint density at radius 3 is 1.63 bits per heavy atom.